The maximum absolute atomic E-state index is 14.5. The second-order valence-electron chi connectivity index (χ2n) is 15.1. The summed E-state index contributed by atoms with van der Waals surface area (Å²) in [7, 11) is 0. The Hall–Kier alpha value is -7.58. The maximum Gasteiger partial charge on any atom is 0.420 e. The number of aryl methyl sites for hydroxylation is 1. The fourth-order valence-electron chi connectivity index (χ4n) is 8.14. The summed E-state index contributed by atoms with van der Waals surface area (Å²) in [6, 6.07) is 59.6. The maximum atomic E-state index is 14.5. The molecule has 5 nitrogen and oxygen atoms in total. The van der Waals surface area contributed by atoms with Gasteiger partial charge in [0.2, 0.25) is 0 Å². The van der Waals surface area contributed by atoms with Crippen molar-refractivity contribution in [3.63, 3.8) is 0 Å². The average molecular weight is 825 g/mol. The zero-order chi connectivity index (χ0) is 42.7. The number of benzene rings is 8. The van der Waals surface area contributed by atoms with Crippen LogP contribution in [0.2, 0.25) is 0 Å². The SMILES string of the molecule is Cc1ccc(Oc2ccc(C3(c4ccc(Oc5ccc(C(=O)OCc6ccccc6)cc5C(F)(F)F)cc4)c4ccccc4-c4ccccc43)cc2)cc1OCc1ccccc1. The lowest BCUT2D eigenvalue weighted by Gasteiger charge is -2.34. The first-order valence-corrected chi connectivity index (χ1v) is 20.1. The Morgan fingerprint density at radius 3 is 1.61 bits per heavy atom. The van der Waals surface area contributed by atoms with Crippen LogP contribution in [-0.2, 0) is 29.5 Å². The van der Waals surface area contributed by atoms with Gasteiger partial charge in [-0.25, -0.2) is 4.79 Å². The van der Waals surface area contributed by atoms with Crippen LogP contribution in [0.1, 0.15) is 54.9 Å². The number of esters is 1. The lowest BCUT2D eigenvalue weighted by atomic mass is 9.68. The standard InChI is InChI=1S/C54H39F3O5/c1-36-20-26-44(33-51(36)59-34-37-12-4-2-5-13-37)61-42-27-22-40(23-28-42)53(47-18-10-8-16-45(47)46-17-9-11-19-48(46)53)41-24-29-43(30-25-41)62-50-31-21-39(32-49(50)54(55,56)57)52(58)60-35-38-14-6-3-7-15-38/h2-33H,34-35H2,1H3. The van der Waals surface area contributed by atoms with Gasteiger partial charge in [-0.2, -0.15) is 13.2 Å². The van der Waals surface area contributed by atoms with E-state index in [1.807, 2.05) is 110 Å². The highest BCUT2D eigenvalue weighted by molar-refractivity contribution is 5.90. The number of ether oxygens (including phenoxy) is 4. The quantitative estimate of drug-likeness (QED) is 0.115. The fraction of sp³-hybridized carbons (Fsp3) is 0.0926. The number of hydrogen-bond donors (Lipinski definition) is 0. The molecular formula is C54H39F3O5. The van der Waals surface area contributed by atoms with Gasteiger partial charge in [0.1, 0.15) is 42.0 Å². The number of carbonyl (C=O) groups is 1. The summed E-state index contributed by atoms with van der Waals surface area (Å²) in [5.41, 5.74) is 6.85. The molecule has 306 valence electrons. The molecule has 8 aromatic carbocycles. The van der Waals surface area contributed by atoms with Crippen molar-refractivity contribution in [3.8, 4) is 39.9 Å². The summed E-state index contributed by atoms with van der Waals surface area (Å²) in [6.45, 7) is 2.37. The van der Waals surface area contributed by atoms with Gasteiger partial charge in [-0.3, -0.25) is 0 Å². The number of hydrogen-bond acceptors (Lipinski definition) is 5. The highest BCUT2D eigenvalue weighted by atomic mass is 19.4. The first-order chi connectivity index (χ1) is 30.2. The average Bonchev–Trinajstić information content (AvgIpc) is 3.60. The van der Waals surface area contributed by atoms with Gasteiger partial charge in [-0.05, 0) is 106 Å². The van der Waals surface area contributed by atoms with E-state index in [9.17, 15) is 18.0 Å². The number of halogens is 3. The monoisotopic (exact) mass is 824 g/mol. The van der Waals surface area contributed by atoms with Crippen LogP contribution < -0.4 is 14.2 Å². The van der Waals surface area contributed by atoms with Crippen LogP contribution in [0.3, 0.4) is 0 Å². The van der Waals surface area contributed by atoms with Gasteiger partial charge < -0.3 is 18.9 Å². The summed E-state index contributed by atoms with van der Waals surface area (Å²) in [4.78, 5) is 12.8. The van der Waals surface area contributed by atoms with E-state index in [2.05, 4.69) is 36.4 Å². The molecule has 0 bridgehead atoms. The molecular weight excluding hydrogens is 786 g/mol. The minimum Gasteiger partial charge on any atom is -0.488 e. The van der Waals surface area contributed by atoms with Crippen molar-refractivity contribution >= 4 is 5.97 Å². The Kier molecular flexibility index (Phi) is 10.8. The van der Waals surface area contributed by atoms with Gasteiger partial charge in [0.05, 0.1) is 16.5 Å². The summed E-state index contributed by atoms with van der Waals surface area (Å²) < 4.78 is 67.1. The molecule has 0 saturated heterocycles. The molecule has 0 N–H and O–H groups in total. The lowest BCUT2D eigenvalue weighted by molar-refractivity contribution is -0.138. The highest BCUT2D eigenvalue weighted by Crippen LogP contribution is 2.56. The van der Waals surface area contributed by atoms with Crippen LogP contribution in [0.25, 0.3) is 11.1 Å². The van der Waals surface area contributed by atoms with Crippen LogP contribution in [0, 0.1) is 6.92 Å². The largest absolute Gasteiger partial charge is 0.488 e. The van der Waals surface area contributed by atoms with E-state index >= 15 is 0 Å². The van der Waals surface area contributed by atoms with Gasteiger partial charge in [-0.1, -0.05) is 140 Å². The predicted octanol–water partition coefficient (Wildman–Crippen LogP) is 13.9. The molecule has 0 aromatic heterocycles. The third-order valence-corrected chi connectivity index (χ3v) is 11.1. The molecule has 8 heteroatoms. The molecule has 0 atom stereocenters. The van der Waals surface area contributed by atoms with Gasteiger partial charge in [-0.15, -0.1) is 0 Å². The zero-order valence-corrected chi connectivity index (χ0v) is 33.6. The van der Waals surface area contributed by atoms with Crippen molar-refractivity contribution in [1.82, 2.24) is 0 Å². The van der Waals surface area contributed by atoms with Crippen LogP contribution in [0.4, 0.5) is 13.2 Å². The summed E-state index contributed by atoms with van der Waals surface area (Å²) >= 11 is 0. The van der Waals surface area contributed by atoms with Gasteiger partial charge >= 0.3 is 12.1 Å². The van der Waals surface area contributed by atoms with Gasteiger partial charge in [0, 0.05) is 6.07 Å². The first kappa shape index (κ1) is 39.9. The molecule has 0 aliphatic heterocycles. The third kappa shape index (κ3) is 7.90. The van der Waals surface area contributed by atoms with E-state index in [1.54, 1.807) is 36.4 Å². The van der Waals surface area contributed by atoms with Crippen molar-refractivity contribution in [2.45, 2.75) is 31.7 Å². The normalized spacial score (nSPS) is 12.5. The minimum atomic E-state index is -4.81. The Bertz CT molecular complexity index is 2810. The molecule has 0 radical (unpaired) electrons. The molecule has 1 aliphatic carbocycles. The summed E-state index contributed by atoms with van der Waals surface area (Å²) in [6.07, 6.45) is -4.81. The molecule has 8 aromatic rings. The Morgan fingerprint density at radius 1 is 0.516 bits per heavy atom. The number of fused-ring (bicyclic) bond motifs is 3. The predicted molar refractivity (Wildman–Crippen MR) is 233 cm³/mol. The van der Waals surface area contributed by atoms with E-state index in [0.29, 0.717) is 18.1 Å². The van der Waals surface area contributed by atoms with Crippen LogP contribution in [0.5, 0.6) is 28.7 Å². The molecule has 0 saturated carbocycles. The molecule has 0 fully saturated rings. The highest BCUT2D eigenvalue weighted by Gasteiger charge is 2.46. The van der Waals surface area contributed by atoms with E-state index < -0.39 is 28.9 Å². The van der Waals surface area contributed by atoms with Crippen molar-refractivity contribution in [2.24, 2.45) is 0 Å². The van der Waals surface area contributed by atoms with Crippen LogP contribution >= 0.6 is 0 Å². The first-order valence-electron chi connectivity index (χ1n) is 20.1. The number of rotatable bonds is 12. The Balaban J connectivity index is 1.01. The molecule has 0 spiro atoms. The molecule has 9 rings (SSSR count). The molecule has 0 unspecified atom stereocenters. The van der Waals surface area contributed by atoms with Gasteiger partial charge in [0.25, 0.3) is 0 Å². The third-order valence-electron chi connectivity index (χ3n) is 11.1. The van der Waals surface area contributed by atoms with E-state index in [0.717, 1.165) is 68.0 Å². The number of alkyl halides is 3. The molecule has 62 heavy (non-hydrogen) atoms. The van der Waals surface area contributed by atoms with E-state index in [-0.39, 0.29) is 17.9 Å². The zero-order valence-electron chi connectivity index (χ0n) is 33.6. The Morgan fingerprint density at radius 2 is 1.03 bits per heavy atom. The molecule has 0 amide bonds. The Labute approximate surface area is 357 Å². The van der Waals surface area contributed by atoms with Crippen molar-refractivity contribution in [3.05, 3.63) is 244 Å². The van der Waals surface area contributed by atoms with Crippen molar-refractivity contribution in [1.29, 1.82) is 0 Å². The number of carbonyl (C=O) groups excluding carboxylic acids is 1. The molecule has 1 aliphatic rings. The fourth-order valence-corrected chi connectivity index (χ4v) is 8.14. The topological polar surface area (TPSA) is 54.0 Å². The van der Waals surface area contributed by atoms with Crippen LogP contribution in [0.15, 0.2) is 194 Å². The second kappa shape index (κ2) is 16.8. The lowest BCUT2D eigenvalue weighted by Crippen LogP contribution is -2.28. The van der Waals surface area contributed by atoms with Crippen LogP contribution in [-0.4, -0.2) is 5.97 Å². The minimum absolute atomic E-state index is 0.0695. The van der Waals surface area contributed by atoms with E-state index in [4.69, 9.17) is 18.9 Å². The van der Waals surface area contributed by atoms with Crippen molar-refractivity contribution in [2.75, 3.05) is 0 Å². The van der Waals surface area contributed by atoms with Gasteiger partial charge in [0.15, 0.2) is 0 Å². The molecule has 0 heterocycles. The van der Waals surface area contributed by atoms with Crippen molar-refractivity contribution < 1.29 is 36.9 Å². The second-order valence-corrected chi connectivity index (χ2v) is 15.1. The summed E-state index contributed by atoms with van der Waals surface area (Å²) in [5.74, 6) is 0.906. The van der Waals surface area contributed by atoms with E-state index in [1.165, 1.54) is 6.07 Å². The summed E-state index contributed by atoms with van der Waals surface area (Å²) in [5, 5.41) is 0. The smallest absolute Gasteiger partial charge is 0.420 e.